The Balaban J connectivity index is 2.55. The van der Waals surface area contributed by atoms with Gasteiger partial charge in [0.1, 0.15) is 5.75 Å². The Bertz CT molecular complexity index is 304. The van der Waals surface area contributed by atoms with Crippen LogP contribution in [0.4, 0.5) is 8.78 Å². The minimum absolute atomic E-state index is 0.284. The summed E-state index contributed by atoms with van der Waals surface area (Å²) in [6.07, 6.45) is 0. The first-order chi connectivity index (χ1) is 6.63. The maximum absolute atomic E-state index is 12.7. The summed E-state index contributed by atoms with van der Waals surface area (Å²) in [5, 5.41) is 0. The summed E-state index contributed by atoms with van der Waals surface area (Å²) < 4.78 is 30.5. The number of thiol groups is 1. The van der Waals surface area contributed by atoms with Gasteiger partial charge in [0.25, 0.3) is 0 Å². The number of benzene rings is 1. The van der Waals surface area contributed by atoms with E-state index in [-0.39, 0.29) is 5.92 Å². The summed E-state index contributed by atoms with van der Waals surface area (Å²) >= 11 is 4.08. The first kappa shape index (κ1) is 11.3. The Kier molecular flexibility index (Phi) is 4.20. The van der Waals surface area contributed by atoms with Gasteiger partial charge in [-0.3, -0.25) is 0 Å². The molecule has 0 saturated heterocycles. The molecule has 0 N–H and O–H groups in total. The second-order valence-electron chi connectivity index (χ2n) is 3.17. The Morgan fingerprint density at radius 1 is 1.36 bits per heavy atom. The van der Waals surface area contributed by atoms with Crippen LogP contribution in [-0.2, 0) is 0 Å². The fourth-order valence-corrected chi connectivity index (χ4v) is 0.963. The van der Waals surface area contributed by atoms with Crippen molar-refractivity contribution in [3.05, 3.63) is 29.8 Å². The Labute approximate surface area is 87.5 Å². The molecule has 4 heteroatoms. The summed E-state index contributed by atoms with van der Waals surface area (Å²) in [4.78, 5) is 0. The van der Waals surface area contributed by atoms with Gasteiger partial charge in [0.05, 0.1) is 6.61 Å². The van der Waals surface area contributed by atoms with E-state index in [4.69, 9.17) is 4.74 Å². The third-order valence-corrected chi connectivity index (χ3v) is 2.36. The van der Waals surface area contributed by atoms with Crippen molar-refractivity contribution < 1.29 is 13.5 Å². The molecular formula is C10H12F2OS. The van der Waals surface area contributed by atoms with Crippen LogP contribution in [0.1, 0.15) is 6.92 Å². The zero-order valence-electron chi connectivity index (χ0n) is 7.84. The molecule has 1 rings (SSSR count). The van der Waals surface area contributed by atoms with E-state index in [1.807, 2.05) is 6.92 Å². The fourth-order valence-electron chi connectivity index (χ4n) is 0.858. The molecule has 0 aliphatic rings. The first-order valence-corrected chi connectivity index (χ1v) is 4.95. The largest absolute Gasteiger partial charge is 0.493 e. The van der Waals surface area contributed by atoms with Crippen LogP contribution in [0.25, 0.3) is 0 Å². The lowest BCUT2D eigenvalue weighted by Crippen LogP contribution is -2.09. The SMILES string of the molecule is CC(CS)COc1ccc(F)c(F)c1. The maximum Gasteiger partial charge on any atom is 0.162 e. The first-order valence-electron chi connectivity index (χ1n) is 4.32. The summed E-state index contributed by atoms with van der Waals surface area (Å²) in [5.74, 6) is -0.423. The van der Waals surface area contributed by atoms with Crippen LogP contribution in [0.2, 0.25) is 0 Å². The van der Waals surface area contributed by atoms with E-state index >= 15 is 0 Å². The molecule has 0 fully saturated rings. The zero-order valence-corrected chi connectivity index (χ0v) is 8.73. The monoisotopic (exact) mass is 218 g/mol. The van der Waals surface area contributed by atoms with E-state index in [0.717, 1.165) is 12.1 Å². The molecule has 1 atom stereocenters. The average molecular weight is 218 g/mol. The lowest BCUT2D eigenvalue weighted by Gasteiger charge is -2.10. The topological polar surface area (TPSA) is 9.23 Å². The van der Waals surface area contributed by atoms with Crippen molar-refractivity contribution in [2.75, 3.05) is 12.4 Å². The molecule has 1 unspecified atom stereocenters. The van der Waals surface area contributed by atoms with Crippen molar-refractivity contribution in [1.82, 2.24) is 0 Å². The molecule has 0 radical (unpaired) electrons. The molecule has 1 aromatic rings. The highest BCUT2D eigenvalue weighted by Gasteiger charge is 2.04. The summed E-state index contributed by atoms with van der Waals surface area (Å²) in [6, 6.07) is 3.50. The number of rotatable bonds is 4. The van der Waals surface area contributed by atoms with Gasteiger partial charge in [-0.2, -0.15) is 12.6 Å². The Morgan fingerprint density at radius 3 is 2.64 bits per heavy atom. The lowest BCUT2D eigenvalue weighted by atomic mass is 10.2. The number of halogens is 2. The highest BCUT2D eigenvalue weighted by atomic mass is 32.1. The molecule has 78 valence electrons. The van der Waals surface area contributed by atoms with Crippen molar-refractivity contribution in [3.63, 3.8) is 0 Å². The van der Waals surface area contributed by atoms with E-state index < -0.39 is 11.6 Å². The van der Waals surface area contributed by atoms with Gasteiger partial charge in [0.15, 0.2) is 11.6 Å². The third-order valence-electron chi connectivity index (χ3n) is 1.74. The van der Waals surface area contributed by atoms with Crippen LogP contribution in [0.5, 0.6) is 5.75 Å². The van der Waals surface area contributed by atoms with Gasteiger partial charge >= 0.3 is 0 Å². The highest BCUT2D eigenvalue weighted by molar-refractivity contribution is 7.80. The predicted molar refractivity (Wildman–Crippen MR) is 54.9 cm³/mol. The summed E-state index contributed by atoms with van der Waals surface area (Å²) in [5.41, 5.74) is 0. The van der Waals surface area contributed by atoms with Gasteiger partial charge in [0, 0.05) is 6.07 Å². The molecule has 1 aromatic carbocycles. The Hall–Kier alpha value is -0.770. The van der Waals surface area contributed by atoms with Crippen LogP contribution in [0.15, 0.2) is 18.2 Å². The standard InChI is InChI=1S/C10H12F2OS/c1-7(6-14)5-13-8-2-3-9(11)10(12)4-8/h2-4,7,14H,5-6H2,1H3. The van der Waals surface area contributed by atoms with Gasteiger partial charge in [-0.25, -0.2) is 8.78 Å². The molecule has 0 saturated carbocycles. The van der Waals surface area contributed by atoms with Gasteiger partial charge < -0.3 is 4.74 Å². The smallest absolute Gasteiger partial charge is 0.162 e. The molecular weight excluding hydrogens is 206 g/mol. The van der Waals surface area contributed by atoms with E-state index in [0.29, 0.717) is 18.1 Å². The second-order valence-corrected chi connectivity index (χ2v) is 3.54. The van der Waals surface area contributed by atoms with Gasteiger partial charge in [-0.1, -0.05) is 6.92 Å². The zero-order chi connectivity index (χ0) is 10.6. The summed E-state index contributed by atoms with van der Waals surface area (Å²) in [7, 11) is 0. The molecule has 0 aliphatic heterocycles. The number of hydrogen-bond donors (Lipinski definition) is 1. The van der Waals surface area contributed by atoms with E-state index in [9.17, 15) is 8.78 Å². The lowest BCUT2D eigenvalue weighted by molar-refractivity contribution is 0.271. The molecule has 0 spiro atoms. The van der Waals surface area contributed by atoms with Crippen molar-refractivity contribution in [2.45, 2.75) is 6.92 Å². The van der Waals surface area contributed by atoms with Crippen molar-refractivity contribution in [2.24, 2.45) is 5.92 Å². The van der Waals surface area contributed by atoms with Crippen molar-refractivity contribution >= 4 is 12.6 Å². The quantitative estimate of drug-likeness (QED) is 0.764. The second kappa shape index (κ2) is 5.20. The molecule has 1 nitrogen and oxygen atoms in total. The van der Waals surface area contributed by atoms with Crippen LogP contribution in [0, 0.1) is 17.6 Å². The minimum Gasteiger partial charge on any atom is -0.493 e. The fraction of sp³-hybridized carbons (Fsp3) is 0.400. The van der Waals surface area contributed by atoms with E-state index in [1.165, 1.54) is 6.07 Å². The van der Waals surface area contributed by atoms with Gasteiger partial charge in [-0.05, 0) is 23.8 Å². The van der Waals surface area contributed by atoms with Gasteiger partial charge in [0.2, 0.25) is 0 Å². The molecule has 0 aromatic heterocycles. The molecule has 0 heterocycles. The summed E-state index contributed by atoms with van der Waals surface area (Å²) in [6.45, 7) is 2.42. The van der Waals surface area contributed by atoms with Crippen LogP contribution in [-0.4, -0.2) is 12.4 Å². The molecule has 0 amide bonds. The van der Waals surface area contributed by atoms with Crippen LogP contribution in [0.3, 0.4) is 0 Å². The van der Waals surface area contributed by atoms with E-state index in [2.05, 4.69) is 12.6 Å². The maximum atomic E-state index is 12.7. The molecule has 0 bridgehead atoms. The van der Waals surface area contributed by atoms with Crippen LogP contribution < -0.4 is 4.74 Å². The van der Waals surface area contributed by atoms with Crippen molar-refractivity contribution in [1.29, 1.82) is 0 Å². The predicted octanol–water partition coefficient (Wildman–Crippen LogP) is 2.91. The van der Waals surface area contributed by atoms with Gasteiger partial charge in [-0.15, -0.1) is 0 Å². The highest BCUT2D eigenvalue weighted by Crippen LogP contribution is 2.16. The minimum atomic E-state index is -0.888. The number of ether oxygens (including phenoxy) is 1. The normalized spacial score (nSPS) is 12.6. The molecule has 0 aliphatic carbocycles. The Morgan fingerprint density at radius 2 is 2.07 bits per heavy atom. The molecule has 14 heavy (non-hydrogen) atoms. The van der Waals surface area contributed by atoms with Crippen LogP contribution >= 0.6 is 12.6 Å². The third kappa shape index (κ3) is 3.18. The van der Waals surface area contributed by atoms with E-state index in [1.54, 1.807) is 0 Å². The van der Waals surface area contributed by atoms with Crippen molar-refractivity contribution in [3.8, 4) is 5.75 Å². The number of hydrogen-bond acceptors (Lipinski definition) is 2. The average Bonchev–Trinajstić information content (AvgIpc) is 2.19.